The predicted octanol–water partition coefficient (Wildman–Crippen LogP) is -1.03. The minimum absolute atomic E-state index is 0.0257. The van der Waals surface area contributed by atoms with Gasteiger partial charge in [0.15, 0.2) is 0 Å². The van der Waals surface area contributed by atoms with Crippen molar-refractivity contribution in [3.05, 3.63) is 35.9 Å². The zero-order valence-corrected chi connectivity index (χ0v) is 17.7. The zero-order chi connectivity index (χ0) is 22.0. The Balaban J connectivity index is 2.65. The van der Waals surface area contributed by atoms with Crippen LogP contribution in [-0.2, 0) is 25.6 Å². The standard InChI is InChI=1S/C18H26N4O5S2/c1-10(18(26)27)20-16(24)13(8-28)22-17(25)14(9-29)21-15(23)12(19)7-11-5-3-2-4-6-11/h2-6,10,12-14,28-29H,7-9,19H2,1H3,(H,20,24)(H,21,23)(H,22,25)(H,26,27). The lowest BCUT2D eigenvalue weighted by Crippen LogP contribution is -2.58. The minimum atomic E-state index is -1.21. The van der Waals surface area contributed by atoms with Gasteiger partial charge in [-0.1, -0.05) is 30.3 Å². The highest BCUT2D eigenvalue weighted by Crippen LogP contribution is 2.03. The number of amides is 3. The van der Waals surface area contributed by atoms with Crippen LogP contribution in [0.1, 0.15) is 12.5 Å². The summed E-state index contributed by atoms with van der Waals surface area (Å²) in [5.41, 5.74) is 6.79. The van der Waals surface area contributed by atoms with E-state index in [-0.39, 0.29) is 11.5 Å². The van der Waals surface area contributed by atoms with Gasteiger partial charge < -0.3 is 26.8 Å². The van der Waals surface area contributed by atoms with Gasteiger partial charge in [-0.15, -0.1) is 0 Å². The molecule has 0 aliphatic rings. The number of hydrogen-bond donors (Lipinski definition) is 7. The average molecular weight is 443 g/mol. The summed E-state index contributed by atoms with van der Waals surface area (Å²) in [4.78, 5) is 47.7. The number of nitrogens with two attached hydrogens (primary N) is 1. The average Bonchev–Trinajstić information content (AvgIpc) is 2.70. The predicted molar refractivity (Wildman–Crippen MR) is 115 cm³/mol. The molecule has 0 bridgehead atoms. The first-order valence-corrected chi connectivity index (χ1v) is 10.1. The normalized spacial score (nSPS) is 14.8. The molecule has 1 rings (SSSR count). The molecule has 0 saturated carbocycles. The maximum atomic E-state index is 12.4. The molecule has 3 amide bonds. The van der Waals surface area contributed by atoms with E-state index in [9.17, 15) is 19.2 Å². The van der Waals surface area contributed by atoms with E-state index in [0.29, 0.717) is 6.42 Å². The number of hydrogen-bond acceptors (Lipinski definition) is 7. The SMILES string of the molecule is CC(NC(=O)C(CS)NC(=O)C(CS)NC(=O)C(N)Cc1ccccc1)C(=O)O. The van der Waals surface area contributed by atoms with Crippen LogP contribution in [0.15, 0.2) is 30.3 Å². The fourth-order valence-electron chi connectivity index (χ4n) is 2.28. The van der Waals surface area contributed by atoms with Crippen LogP contribution in [0.3, 0.4) is 0 Å². The van der Waals surface area contributed by atoms with Gasteiger partial charge in [0.05, 0.1) is 6.04 Å². The summed E-state index contributed by atoms with van der Waals surface area (Å²) >= 11 is 8.08. The second-order valence-corrected chi connectivity index (χ2v) is 7.08. The van der Waals surface area contributed by atoms with Crippen molar-refractivity contribution in [1.82, 2.24) is 16.0 Å². The van der Waals surface area contributed by atoms with Crippen LogP contribution < -0.4 is 21.7 Å². The van der Waals surface area contributed by atoms with E-state index in [1.807, 2.05) is 30.3 Å². The van der Waals surface area contributed by atoms with Gasteiger partial charge in [-0.25, -0.2) is 0 Å². The second-order valence-electron chi connectivity index (χ2n) is 6.35. The molecule has 4 atom stereocenters. The number of carbonyl (C=O) groups excluding carboxylic acids is 3. The molecule has 0 spiro atoms. The van der Waals surface area contributed by atoms with Crippen molar-refractivity contribution in [2.45, 2.75) is 37.5 Å². The summed E-state index contributed by atoms with van der Waals surface area (Å²) in [5, 5.41) is 16.1. The van der Waals surface area contributed by atoms with Crippen LogP contribution in [0.5, 0.6) is 0 Å². The number of carboxylic acids is 1. The smallest absolute Gasteiger partial charge is 0.325 e. The summed E-state index contributed by atoms with van der Waals surface area (Å²) in [5.74, 6) is -3.19. The van der Waals surface area contributed by atoms with Crippen molar-refractivity contribution in [1.29, 1.82) is 0 Å². The van der Waals surface area contributed by atoms with Crippen molar-refractivity contribution in [3.8, 4) is 0 Å². The lowest BCUT2D eigenvalue weighted by atomic mass is 10.1. The van der Waals surface area contributed by atoms with Crippen molar-refractivity contribution in [2.75, 3.05) is 11.5 Å². The molecule has 9 nitrogen and oxygen atoms in total. The molecular weight excluding hydrogens is 416 g/mol. The molecular formula is C18H26N4O5S2. The van der Waals surface area contributed by atoms with E-state index < -0.39 is 47.9 Å². The lowest BCUT2D eigenvalue weighted by Gasteiger charge is -2.23. The van der Waals surface area contributed by atoms with E-state index in [2.05, 4.69) is 41.2 Å². The topological polar surface area (TPSA) is 151 Å². The Labute approximate surface area is 180 Å². The van der Waals surface area contributed by atoms with E-state index in [0.717, 1.165) is 5.56 Å². The number of nitrogens with one attached hydrogen (secondary N) is 3. The largest absolute Gasteiger partial charge is 0.480 e. The Kier molecular flexibility index (Phi) is 10.6. The van der Waals surface area contributed by atoms with E-state index >= 15 is 0 Å². The highest BCUT2D eigenvalue weighted by atomic mass is 32.1. The highest BCUT2D eigenvalue weighted by molar-refractivity contribution is 7.80. The summed E-state index contributed by atoms with van der Waals surface area (Å²) in [7, 11) is 0. The summed E-state index contributed by atoms with van der Waals surface area (Å²) in [6.07, 6.45) is 0.294. The fourth-order valence-corrected chi connectivity index (χ4v) is 2.79. The molecule has 11 heteroatoms. The Morgan fingerprint density at radius 2 is 1.41 bits per heavy atom. The van der Waals surface area contributed by atoms with Gasteiger partial charge in [-0.2, -0.15) is 25.3 Å². The Morgan fingerprint density at radius 3 is 1.90 bits per heavy atom. The second kappa shape index (κ2) is 12.3. The first kappa shape index (κ1) is 24.8. The molecule has 6 N–H and O–H groups in total. The van der Waals surface area contributed by atoms with Crippen molar-refractivity contribution < 1.29 is 24.3 Å². The molecule has 4 unspecified atom stereocenters. The maximum Gasteiger partial charge on any atom is 0.325 e. The summed E-state index contributed by atoms with van der Waals surface area (Å²) in [6, 6.07) is 5.08. The molecule has 0 aromatic heterocycles. The highest BCUT2D eigenvalue weighted by Gasteiger charge is 2.28. The number of carboxylic acid groups (broad SMARTS) is 1. The van der Waals surface area contributed by atoms with Crippen LogP contribution in [0.2, 0.25) is 0 Å². The third kappa shape index (κ3) is 8.34. The first-order valence-electron chi connectivity index (χ1n) is 8.84. The van der Waals surface area contributed by atoms with E-state index in [1.54, 1.807) is 0 Å². The monoisotopic (exact) mass is 442 g/mol. The van der Waals surface area contributed by atoms with Crippen LogP contribution in [-0.4, -0.2) is 64.5 Å². The van der Waals surface area contributed by atoms with Crippen molar-refractivity contribution in [3.63, 3.8) is 0 Å². The quantitative estimate of drug-likeness (QED) is 0.218. The van der Waals surface area contributed by atoms with Gasteiger partial charge in [-0.3, -0.25) is 19.2 Å². The fraction of sp³-hybridized carbons (Fsp3) is 0.444. The number of benzene rings is 1. The Bertz CT molecular complexity index is 719. The summed E-state index contributed by atoms with van der Waals surface area (Å²) < 4.78 is 0. The number of aliphatic carboxylic acids is 1. The molecule has 1 aromatic rings. The molecule has 1 aromatic carbocycles. The molecule has 0 aliphatic heterocycles. The van der Waals surface area contributed by atoms with Gasteiger partial charge >= 0.3 is 5.97 Å². The molecule has 0 aliphatic carbocycles. The molecule has 160 valence electrons. The zero-order valence-electron chi connectivity index (χ0n) is 15.9. The summed E-state index contributed by atoms with van der Waals surface area (Å²) in [6.45, 7) is 1.29. The van der Waals surface area contributed by atoms with Gasteiger partial charge in [-0.05, 0) is 18.9 Å². The minimum Gasteiger partial charge on any atom is -0.480 e. The van der Waals surface area contributed by atoms with E-state index in [4.69, 9.17) is 10.8 Å². The Hall–Kier alpha value is -2.24. The van der Waals surface area contributed by atoms with Crippen LogP contribution in [0.4, 0.5) is 0 Å². The van der Waals surface area contributed by atoms with Gasteiger partial charge in [0, 0.05) is 11.5 Å². The molecule has 0 saturated heterocycles. The van der Waals surface area contributed by atoms with Crippen molar-refractivity contribution in [2.24, 2.45) is 5.73 Å². The number of rotatable bonds is 11. The lowest BCUT2D eigenvalue weighted by molar-refractivity contribution is -0.141. The number of thiol groups is 2. The first-order chi connectivity index (χ1) is 13.7. The van der Waals surface area contributed by atoms with Crippen LogP contribution in [0, 0.1) is 0 Å². The van der Waals surface area contributed by atoms with Gasteiger partial charge in [0.25, 0.3) is 0 Å². The van der Waals surface area contributed by atoms with Gasteiger partial charge in [0.1, 0.15) is 18.1 Å². The maximum absolute atomic E-state index is 12.4. The van der Waals surface area contributed by atoms with Crippen LogP contribution in [0.25, 0.3) is 0 Å². The molecule has 29 heavy (non-hydrogen) atoms. The Morgan fingerprint density at radius 1 is 0.931 bits per heavy atom. The molecule has 0 radical (unpaired) electrons. The molecule has 0 fully saturated rings. The third-order valence-electron chi connectivity index (χ3n) is 4.00. The van der Waals surface area contributed by atoms with E-state index in [1.165, 1.54) is 6.92 Å². The number of carbonyl (C=O) groups is 4. The van der Waals surface area contributed by atoms with Crippen molar-refractivity contribution >= 4 is 48.9 Å². The van der Waals surface area contributed by atoms with Gasteiger partial charge in [0.2, 0.25) is 17.7 Å². The third-order valence-corrected chi connectivity index (χ3v) is 4.73. The van der Waals surface area contributed by atoms with Crippen LogP contribution >= 0.6 is 25.3 Å². The molecule has 0 heterocycles.